The van der Waals surface area contributed by atoms with E-state index in [1.807, 2.05) is 0 Å². The van der Waals surface area contributed by atoms with E-state index in [4.69, 9.17) is 23.2 Å². The van der Waals surface area contributed by atoms with E-state index in [1.165, 1.54) is 18.2 Å². The average molecular weight is 247 g/mol. The topological polar surface area (TPSA) is 9.23 Å². The molecular formula is C7H3Cl3F2O. The lowest BCUT2D eigenvalue weighted by molar-refractivity contribution is -0.0964. The van der Waals surface area contributed by atoms with Gasteiger partial charge in [-0.2, -0.15) is 0 Å². The van der Waals surface area contributed by atoms with Gasteiger partial charge in [-0.05, 0) is 12.1 Å². The second-order valence-electron chi connectivity index (χ2n) is 2.10. The molecule has 0 unspecified atom stereocenters. The Labute approximate surface area is 88.2 Å². The standard InChI is InChI=1S/C7H3Cl3F2O/c8-4-2-1-3-5(6(4)9)13-7(10,11)12/h1-3H. The van der Waals surface area contributed by atoms with Crippen molar-refractivity contribution in [2.75, 3.05) is 0 Å². The van der Waals surface area contributed by atoms with Crippen LogP contribution in [0.2, 0.25) is 10.0 Å². The lowest BCUT2D eigenvalue weighted by Gasteiger charge is -2.11. The maximum Gasteiger partial charge on any atom is 0.487 e. The van der Waals surface area contributed by atoms with Gasteiger partial charge < -0.3 is 4.74 Å². The molecule has 1 rings (SSSR count). The third-order valence-corrected chi connectivity index (χ3v) is 2.02. The molecule has 6 heteroatoms. The number of ether oxygens (including phenoxy) is 1. The average Bonchev–Trinajstić information content (AvgIpc) is 1.96. The minimum atomic E-state index is -3.78. The molecule has 1 nitrogen and oxygen atoms in total. The van der Waals surface area contributed by atoms with Crippen molar-refractivity contribution in [2.45, 2.75) is 5.57 Å². The number of benzene rings is 1. The van der Waals surface area contributed by atoms with Crippen molar-refractivity contribution in [3.05, 3.63) is 28.2 Å². The lowest BCUT2D eigenvalue weighted by Crippen LogP contribution is -2.15. The van der Waals surface area contributed by atoms with Gasteiger partial charge in [0.05, 0.1) is 5.02 Å². The monoisotopic (exact) mass is 246 g/mol. The molecule has 0 aliphatic rings. The largest absolute Gasteiger partial charge is 0.487 e. The fraction of sp³-hybridized carbons (Fsp3) is 0.143. The van der Waals surface area contributed by atoms with Crippen LogP contribution in [0.3, 0.4) is 0 Å². The van der Waals surface area contributed by atoms with Crippen molar-refractivity contribution < 1.29 is 13.5 Å². The first-order valence-corrected chi connectivity index (χ1v) is 4.23. The highest BCUT2D eigenvalue weighted by atomic mass is 35.5. The molecule has 0 atom stereocenters. The van der Waals surface area contributed by atoms with E-state index < -0.39 is 5.57 Å². The van der Waals surface area contributed by atoms with Gasteiger partial charge in [-0.25, -0.2) is 0 Å². The van der Waals surface area contributed by atoms with Crippen LogP contribution in [-0.2, 0) is 0 Å². The molecule has 1 aromatic carbocycles. The molecule has 0 amide bonds. The summed E-state index contributed by atoms with van der Waals surface area (Å²) in [5.74, 6) is -0.255. The zero-order valence-electron chi connectivity index (χ0n) is 6.03. The smallest absolute Gasteiger partial charge is 0.418 e. The van der Waals surface area contributed by atoms with Crippen LogP contribution in [0.5, 0.6) is 5.75 Å². The van der Waals surface area contributed by atoms with Crippen LogP contribution in [0.25, 0.3) is 0 Å². The zero-order chi connectivity index (χ0) is 10.1. The Kier molecular flexibility index (Phi) is 3.22. The van der Waals surface area contributed by atoms with Crippen molar-refractivity contribution in [2.24, 2.45) is 0 Å². The Balaban J connectivity index is 2.96. The minimum absolute atomic E-state index is 0.0931. The van der Waals surface area contributed by atoms with Gasteiger partial charge in [0.1, 0.15) is 10.8 Å². The third kappa shape index (κ3) is 3.18. The number of halogens is 5. The quantitative estimate of drug-likeness (QED) is 0.713. The van der Waals surface area contributed by atoms with Gasteiger partial charge in [0, 0.05) is 11.6 Å². The fourth-order valence-electron chi connectivity index (χ4n) is 0.688. The summed E-state index contributed by atoms with van der Waals surface area (Å²) in [6, 6.07) is 4.11. The second kappa shape index (κ2) is 3.86. The number of hydrogen-bond acceptors (Lipinski definition) is 1. The van der Waals surface area contributed by atoms with E-state index in [0.29, 0.717) is 0 Å². The summed E-state index contributed by atoms with van der Waals surface area (Å²) in [7, 11) is 0. The third-order valence-electron chi connectivity index (χ3n) is 1.14. The maximum atomic E-state index is 12.2. The van der Waals surface area contributed by atoms with Gasteiger partial charge in [0.25, 0.3) is 0 Å². The molecule has 0 bridgehead atoms. The summed E-state index contributed by atoms with van der Waals surface area (Å²) < 4.78 is 28.4. The van der Waals surface area contributed by atoms with Gasteiger partial charge in [-0.1, -0.05) is 29.3 Å². The molecule has 0 radical (unpaired) electrons. The minimum Gasteiger partial charge on any atom is -0.418 e. The van der Waals surface area contributed by atoms with Gasteiger partial charge in [0.2, 0.25) is 0 Å². The summed E-state index contributed by atoms with van der Waals surface area (Å²) in [4.78, 5) is 0. The van der Waals surface area contributed by atoms with E-state index in [9.17, 15) is 8.78 Å². The molecule has 0 saturated heterocycles. The molecule has 0 aliphatic heterocycles. The Morgan fingerprint density at radius 2 is 1.85 bits per heavy atom. The van der Waals surface area contributed by atoms with Crippen molar-refractivity contribution in [1.82, 2.24) is 0 Å². The Bertz CT molecular complexity index is 311. The van der Waals surface area contributed by atoms with Gasteiger partial charge in [-0.3, -0.25) is 0 Å². The molecule has 0 aliphatic carbocycles. The SMILES string of the molecule is FC(F)(Cl)Oc1cccc(Cl)c1Cl. The van der Waals surface area contributed by atoms with E-state index >= 15 is 0 Å². The Morgan fingerprint density at radius 1 is 1.23 bits per heavy atom. The summed E-state index contributed by atoms with van der Waals surface area (Å²) in [5, 5.41) is 0.0320. The van der Waals surface area contributed by atoms with Gasteiger partial charge in [-0.15, -0.1) is 8.78 Å². The molecule has 1 aromatic rings. The molecular weight excluding hydrogens is 244 g/mol. The van der Waals surface area contributed by atoms with Crippen molar-refractivity contribution in [3.63, 3.8) is 0 Å². The van der Waals surface area contributed by atoms with Crippen molar-refractivity contribution in [1.29, 1.82) is 0 Å². The maximum absolute atomic E-state index is 12.2. The van der Waals surface area contributed by atoms with E-state index in [0.717, 1.165) is 0 Å². The van der Waals surface area contributed by atoms with E-state index in [2.05, 4.69) is 16.3 Å². The van der Waals surface area contributed by atoms with Crippen LogP contribution in [0.4, 0.5) is 8.78 Å². The fourth-order valence-corrected chi connectivity index (χ4v) is 1.10. The normalized spacial score (nSPS) is 11.5. The van der Waals surface area contributed by atoms with Crippen LogP contribution < -0.4 is 4.74 Å². The summed E-state index contributed by atoms with van der Waals surface area (Å²) in [5.41, 5.74) is -3.78. The highest BCUT2D eigenvalue weighted by Crippen LogP contribution is 2.35. The second-order valence-corrected chi connectivity index (χ2v) is 3.32. The number of rotatable bonds is 2. The molecule has 72 valence electrons. The molecule has 0 heterocycles. The summed E-state index contributed by atoms with van der Waals surface area (Å²) >= 11 is 15.6. The van der Waals surface area contributed by atoms with Gasteiger partial charge >= 0.3 is 5.57 Å². The molecule has 0 aromatic heterocycles. The molecule has 13 heavy (non-hydrogen) atoms. The first kappa shape index (κ1) is 10.8. The Hall–Kier alpha value is -0.250. The molecule has 0 fully saturated rings. The zero-order valence-corrected chi connectivity index (χ0v) is 8.30. The van der Waals surface area contributed by atoms with Crippen LogP contribution in [-0.4, -0.2) is 5.57 Å². The highest BCUT2D eigenvalue weighted by molar-refractivity contribution is 6.42. The molecule has 0 N–H and O–H groups in total. The van der Waals surface area contributed by atoms with E-state index in [-0.39, 0.29) is 15.8 Å². The van der Waals surface area contributed by atoms with Crippen molar-refractivity contribution in [3.8, 4) is 5.75 Å². The molecule has 0 spiro atoms. The lowest BCUT2D eigenvalue weighted by atomic mass is 10.3. The van der Waals surface area contributed by atoms with E-state index in [1.54, 1.807) is 0 Å². The van der Waals surface area contributed by atoms with Crippen LogP contribution in [0, 0.1) is 0 Å². The summed E-state index contributed by atoms with van der Waals surface area (Å²) in [6.07, 6.45) is 0. The van der Waals surface area contributed by atoms with Crippen LogP contribution in [0.1, 0.15) is 0 Å². The van der Waals surface area contributed by atoms with Crippen LogP contribution in [0.15, 0.2) is 18.2 Å². The predicted octanol–water partition coefficient (Wildman–Crippen LogP) is 4.16. The van der Waals surface area contributed by atoms with Gasteiger partial charge in [0.15, 0.2) is 0 Å². The first-order valence-electron chi connectivity index (χ1n) is 3.10. The Morgan fingerprint density at radius 3 is 2.38 bits per heavy atom. The van der Waals surface area contributed by atoms with Crippen LogP contribution >= 0.6 is 34.8 Å². The number of alkyl halides is 3. The molecule has 0 saturated carbocycles. The highest BCUT2D eigenvalue weighted by Gasteiger charge is 2.28. The first-order chi connectivity index (χ1) is 5.90. The van der Waals surface area contributed by atoms with Crippen molar-refractivity contribution >= 4 is 34.8 Å². The number of hydrogen-bond donors (Lipinski definition) is 0. The predicted molar refractivity (Wildman–Crippen MR) is 47.9 cm³/mol. The summed E-state index contributed by atoms with van der Waals surface area (Å²) in [6.45, 7) is 0.